The highest BCUT2D eigenvalue weighted by Crippen LogP contribution is 2.69. The number of nitro benzene ring substituents is 1. The number of fused-ring (bicyclic) bond motifs is 5. The van der Waals surface area contributed by atoms with E-state index in [9.17, 15) is 14.9 Å². The average molecular weight is 622 g/mol. The quantitative estimate of drug-likeness (QED) is 0.224. The van der Waals surface area contributed by atoms with E-state index < -0.39 is 21.8 Å². The molecule has 42 heavy (non-hydrogen) atoms. The van der Waals surface area contributed by atoms with Crippen LogP contribution < -0.4 is 5.32 Å². The Morgan fingerprint density at radius 2 is 1.81 bits per heavy atom. The van der Waals surface area contributed by atoms with E-state index in [1.807, 2.05) is 55.6 Å². The van der Waals surface area contributed by atoms with Crippen LogP contribution in [0.2, 0.25) is 10.0 Å². The summed E-state index contributed by atoms with van der Waals surface area (Å²) < 4.78 is 0. The molecule has 11 heteroatoms. The third-order valence-corrected chi connectivity index (χ3v) is 11.0. The molecule has 4 aliphatic heterocycles. The van der Waals surface area contributed by atoms with Gasteiger partial charge in [0.2, 0.25) is 0 Å². The molecule has 0 bridgehead atoms. The van der Waals surface area contributed by atoms with Gasteiger partial charge in [-0.1, -0.05) is 59.6 Å². The topological polar surface area (TPSA) is 95.8 Å². The number of hydrogen-bond donors (Lipinski definition) is 1. The number of piperidine rings is 1. The van der Waals surface area contributed by atoms with Gasteiger partial charge < -0.3 is 10.2 Å². The van der Waals surface area contributed by atoms with Gasteiger partial charge in [0.15, 0.2) is 5.78 Å². The molecule has 3 aromatic rings. The molecule has 4 atom stereocenters. The van der Waals surface area contributed by atoms with Crippen molar-refractivity contribution in [3.05, 3.63) is 109 Å². The number of nitrogens with zero attached hydrogens (tertiary/aromatic N) is 3. The van der Waals surface area contributed by atoms with Gasteiger partial charge in [-0.3, -0.25) is 24.6 Å². The van der Waals surface area contributed by atoms with Crippen LogP contribution in [0.25, 0.3) is 6.08 Å². The summed E-state index contributed by atoms with van der Waals surface area (Å²) in [6, 6.07) is 19.0. The Morgan fingerprint density at radius 1 is 1.07 bits per heavy atom. The number of thioether (sulfide) groups is 1. The molecule has 3 fully saturated rings. The summed E-state index contributed by atoms with van der Waals surface area (Å²) in [6.45, 7) is 0.620. The van der Waals surface area contributed by atoms with Crippen molar-refractivity contribution in [2.75, 3.05) is 37.1 Å². The van der Waals surface area contributed by atoms with Crippen molar-refractivity contribution in [1.82, 2.24) is 9.80 Å². The lowest BCUT2D eigenvalue weighted by Gasteiger charge is -2.51. The molecule has 0 saturated carbocycles. The fraction of sp³-hybridized carbons (Fsp3) is 0.290. The van der Waals surface area contributed by atoms with E-state index in [1.165, 1.54) is 12.1 Å². The molecule has 1 N–H and O–H groups in total. The molecule has 214 valence electrons. The van der Waals surface area contributed by atoms with Gasteiger partial charge in [-0.15, -0.1) is 11.8 Å². The highest BCUT2D eigenvalue weighted by molar-refractivity contribution is 7.99. The van der Waals surface area contributed by atoms with Gasteiger partial charge in [0.05, 0.1) is 10.3 Å². The molecule has 2 spiro atoms. The Balaban J connectivity index is 1.57. The molecular formula is C31H26Cl2N4O4S. The minimum Gasteiger partial charge on any atom is -0.324 e. The molecule has 7 rings (SSSR count). The second kappa shape index (κ2) is 9.92. The van der Waals surface area contributed by atoms with E-state index in [0.29, 0.717) is 50.6 Å². The number of likely N-dealkylation sites (tertiary alicyclic amines) is 1. The number of non-ortho nitro benzene ring substituents is 1. The Kier molecular flexibility index (Phi) is 6.52. The highest BCUT2D eigenvalue weighted by Gasteiger charge is 2.79. The average Bonchev–Trinajstić information content (AvgIpc) is 3.61. The standard InChI is InChI=1S/C31H26Cl2N4O4S/c1-35-14-19(12-18-6-2-4-8-23(18)32)28(38)30(16-35)27(21-7-3-5-9-24(21)33)26-15-42-17-36(26)31(30)22-13-20(37(40)41)10-11-25(22)34-29(31)39/h2-13,26-27H,14-17H2,1H3,(H,34,39)/b19-12+/t26-,27-,30-,31-/m0/s1. The van der Waals surface area contributed by atoms with Gasteiger partial charge in [-0.25, -0.2) is 0 Å². The first-order valence-corrected chi connectivity index (χ1v) is 15.5. The Morgan fingerprint density at radius 3 is 2.55 bits per heavy atom. The number of Topliss-reactive ketones (excluding diaryl/α,β-unsaturated/α-hetero) is 1. The van der Waals surface area contributed by atoms with Crippen LogP contribution in [-0.2, 0) is 15.1 Å². The zero-order valence-electron chi connectivity index (χ0n) is 22.6. The number of rotatable bonds is 3. The first-order valence-electron chi connectivity index (χ1n) is 13.6. The highest BCUT2D eigenvalue weighted by atomic mass is 35.5. The summed E-state index contributed by atoms with van der Waals surface area (Å²) in [4.78, 5) is 45.7. The van der Waals surface area contributed by atoms with E-state index in [2.05, 4.69) is 15.1 Å². The molecule has 3 aromatic carbocycles. The summed E-state index contributed by atoms with van der Waals surface area (Å²) in [5.74, 6) is 0.184. The van der Waals surface area contributed by atoms with Crippen LogP contribution in [0, 0.1) is 15.5 Å². The largest absolute Gasteiger partial charge is 0.324 e. The normalized spacial score (nSPS) is 29.8. The molecule has 4 aliphatic rings. The number of benzene rings is 3. The monoisotopic (exact) mass is 620 g/mol. The zero-order valence-corrected chi connectivity index (χ0v) is 24.9. The summed E-state index contributed by atoms with van der Waals surface area (Å²) in [7, 11) is 1.94. The Hall–Kier alpha value is -3.21. The van der Waals surface area contributed by atoms with Crippen LogP contribution in [0.15, 0.2) is 72.3 Å². The number of carbonyl (C=O) groups is 2. The van der Waals surface area contributed by atoms with Gasteiger partial charge in [-0.2, -0.15) is 0 Å². The summed E-state index contributed by atoms with van der Waals surface area (Å²) in [5.41, 5.74) is -0.0196. The van der Waals surface area contributed by atoms with Crippen molar-refractivity contribution in [3.8, 4) is 0 Å². The van der Waals surface area contributed by atoms with Crippen molar-refractivity contribution in [1.29, 1.82) is 0 Å². The molecular weight excluding hydrogens is 595 g/mol. The van der Waals surface area contributed by atoms with Crippen molar-refractivity contribution in [2.24, 2.45) is 5.41 Å². The van der Waals surface area contributed by atoms with Gasteiger partial charge in [0.1, 0.15) is 5.54 Å². The van der Waals surface area contributed by atoms with Crippen molar-refractivity contribution in [3.63, 3.8) is 0 Å². The van der Waals surface area contributed by atoms with Crippen LogP contribution in [0.1, 0.15) is 22.6 Å². The van der Waals surface area contributed by atoms with E-state index in [1.54, 1.807) is 23.9 Å². The SMILES string of the molecule is CN1C/C(=C\c2ccccc2Cl)C(=O)[C@]2(C1)[C@@H](c1ccccc1Cl)[C@@H]1CSCN1[C@@]21C(=O)Nc2ccc([N+](=O)[O-])cc21. The number of nitro groups is 1. The fourth-order valence-corrected chi connectivity index (χ4v) is 9.56. The predicted octanol–water partition coefficient (Wildman–Crippen LogP) is 5.81. The number of carbonyl (C=O) groups excluding carboxylic acids is 2. The summed E-state index contributed by atoms with van der Waals surface area (Å²) in [5, 5.41) is 16.0. The van der Waals surface area contributed by atoms with Crippen LogP contribution in [0.4, 0.5) is 11.4 Å². The van der Waals surface area contributed by atoms with Gasteiger partial charge in [0, 0.05) is 75.7 Å². The first kappa shape index (κ1) is 27.6. The fourth-order valence-electron chi connectivity index (χ4n) is 7.82. The van der Waals surface area contributed by atoms with Gasteiger partial charge in [-0.05, 0) is 42.4 Å². The predicted molar refractivity (Wildman–Crippen MR) is 165 cm³/mol. The molecule has 0 aliphatic carbocycles. The molecule has 3 saturated heterocycles. The van der Waals surface area contributed by atoms with Crippen molar-refractivity contribution in [2.45, 2.75) is 17.5 Å². The number of anilines is 1. The number of hydrogen-bond acceptors (Lipinski definition) is 7. The van der Waals surface area contributed by atoms with Gasteiger partial charge in [0.25, 0.3) is 11.6 Å². The lowest BCUT2D eigenvalue weighted by Crippen LogP contribution is -2.65. The van der Waals surface area contributed by atoms with Crippen LogP contribution in [-0.4, -0.2) is 64.2 Å². The number of amides is 1. The van der Waals surface area contributed by atoms with E-state index >= 15 is 4.79 Å². The Labute approximate surface area is 256 Å². The van der Waals surface area contributed by atoms with Gasteiger partial charge >= 0.3 is 0 Å². The number of ketones is 1. The maximum atomic E-state index is 15.3. The minimum atomic E-state index is -1.50. The maximum Gasteiger partial charge on any atom is 0.269 e. The van der Waals surface area contributed by atoms with E-state index in [4.69, 9.17) is 23.2 Å². The second-order valence-corrected chi connectivity index (χ2v) is 13.2. The van der Waals surface area contributed by atoms with Crippen LogP contribution in [0.3, 0.4) is 0 Å². The lowest BCUT2D eigenvalue weighted by atomic mass is 9.55. The smallest absolute Gasteiger partial charge is 0.269 e. The zero-order chi connectivity index (χ0) is 29.4. The number of likely N-dealkylation sites (N-methyl/N-ethyl adjacent to an activating group) is 1. The van der Waals surface area contributed by atoms with Crippen LogP contribution in [0.5, 0.6) is 0 Å². The number of nitrogens with one attached hydrogen (secondary N) is 1. The summed E-state index contributed by atoms with van der Waals surface area (Å²) >= 11 is 15.1. The second-order valence-electron chi connectivity index (χ2n) is 11.4. The third kappa shape index (κ3) is 3.64. The summed E-state index contributed by atoms with van der Waals surface area (Å²) in [6.07, 6.45) is 1.82. The van der Waals surface area contributed by atoms with Crippen molar-refractivity contribution < 1.29 is 14.5 Å². The molecule has 1 amide bonds. The minimum absolute atomic E-state index is 0.132. The maximum absolute atomic E-state index is 15.3. The first-order chi connectivity index (χ1) is 20.2. The molecule has 0 unspecified atom stereocenters. The third-order valence-electron chi connectivity index (χ3n) is 9.22. The van der Waals surface area contributed by atoms with E-state index in [0.717, 1.165) is 5.56 Å². The molecule has 0 radical (unpaired) electrons. The molecule has 8 nitrogen and oxygen atoms in total. The van der Waals surface area contributed by atoms with Crippen molar-refractivity contribution >= 4 is 64.1 Å². The number of halogens is 2. The molecule has 0 aromatic heterocycles. The lowest BCUT2D eigenvalue weighted by molar-refractivity contribution is -0.385. The molecule has 4 heterocycles. The van der Waals surface area contributed by atoms with Crippen LogP contribution >= 0.6 is 35.0 Å². The Bertz CT molecular complexity index is 1720. The van der Waals surface area contributed by atoms with E-state index in [-0.39, 0.29) is 30.0 Å².